The third kappa shape index (κ3) is 7.17. The fourth-order valence-corrected chi connectivity index (χ4v) is 4.06. The van der Waals surface area contributed by atoms with E-state index in [-0.39, 0.29) is 36.9 Å². The number of fused-ring (bicyclic) bond motifs is 1. The predicted octanol–water partition coefficient (Wildman–Crippen LogP) is 3.87. The van der Waals surface area contributed by atoms with Gasteiger partial charge >= 0.3 is 6.03 Å². The average molecular weight is 523 g/mol. The molecule has 0 spiro atoms. The second kappa shape index (κ2) is 13.2. The van der Waals surface area contributed by atoms with Crippen LogP contribution in [-0.2, 0) is 0 Å². The van der Waals surface area contributed by atoms with E-state index < -0.39 is 12.1 Å². The molecule has 0 unspecified atom stereocenters. The number of aliphatic hydroxyl groups is 1. The Labute approximate surface area is 225 Å². The first-order chi connectivity index (χ1) is 18.1. The Bertz CT molecular complexity index is 1190. The van der Waals surface area contributed by atoms with Crippen LogP contribution in [0.4, 0.5) is 10.5 Å². The summed E-state index contributed by atoms with van der Waals surface area (Å²) in [5.41, 5.74) is 1.47. The highest BCUT2D eigenvalue weighted by atomic mass is 16.5. The Hall–Kier alpha value is -3.77. The molecular weight excluding hydrogens is 484 g/mol. The quantitative estimate of drug-likeness (QED) is 0.535. The van der Waals surface area contributed by atoms with Crippen molar-refractivity contribution in [3.63, 3.8) is 0 Å². The lowest BCUT2D eigenvalue weighted by Gasteiger charge is -2.37. The van der Waals surface area contributed by atoms with Crippen LogP contribution in [0.1, 0.15) is 50.0 Å². The van der Waals surface area contributed by atoms with Gasteiger partial charge in [0.25, 0.3) is 5.91 Å². The zero-order valence-electron chi connectivity index (χ0n) is 23.0. The normalized spacial score (nSPS) is 17.8. The molecule has 3 amide bonds. The summed E-state index contributed by atoms with van der Waals surface area (Å²) in [5, 5.41) is 12.7. The fraction of sp³-hybridized carbons (Fsp3) is 0.483. The Morgan fingerprint density at radius 3 is 2.76 bits per heavy atom. The number of benzene rings is 1. The van der Waals surface area contributed by atoms with E-state index in [1.54, 1.807) is 50.4 Å². The van der Waals surface area contributed by atoms with Gasteiger partial charge in [-0.1, -0.05) is 44.7 Å². The van der Waals surface area contributed by atoms with Crippen molar-refractivity contribution in [2.45, 2.75) is 46.3 Å². The molecule has 1 aromatic carbocycles. The number of amides is 3. The number of hydrogen-bond acceptors (Lipinski definition) is 6. The van der Waals surface area contributed by atoms with E-state index in [9.17, 15) is 14.7 Å². The monoisotopic (exact) mass is 522 g/mol. The third-order valence-electron chi connectivity index (χ3n) is 6.41. The van der Waals surface area contributed by atoms with Crippen molar-refractivity contribution in [3.8, 4) is 23.5 Å². The summed E-state index contributed by atoms with van der Waals surface area (Å²) in [7, 11) is 3.23. The zero-order chi connectivity index (χ0) is 27.8. The number of likely N-dealkylation sites (N-methyl/N-ethyl adjacent to an activating group) is 1. The third-order valence-corrected chi connectivity index (χ3v) is 6.41. The Balaban J connectivity index is 1.87. The number of rotatable bonds is 7. The molecule has 0 saturated heterocycles. The topological polar surface area (TPSA) is 104 Å². The molecule has 0 saturated carbocycles. The van der Waals surface area contributed by atoms with Crippen LogP contribution >= 0.6 is 0 Å². The van der Waals surface area contributed by atoms with Gasteiger partial charge in [0.1, 0.15) is 17.4 Å². The molecule has 9 nitrogen and oxygen atoms in total. The van der Waals surface area contributed by atoms with Crippen LogP contribution in [0.15, 0.2) is 36.5 Å². The number of methoxy groups -OCH3 is 1. The van der Waals surface area contributed by atoms with Crippen LogP contribution in [0.2, 0.25) is 0 Å². The Kier molecular flexibility index (Phi) is 9.97. The lowest BCUT2D eigenvalue weighted by atomic mass is 10.00. The highest BCUT2D eigenvalue weighted by Gasteiger charge is 2.34. The van der Waals surface area contributed by atoms with E-state index in [1.165, 1.54) is 4.90 Å². The predicted molar refractivity (Wildman–Crippen MR) is 146 cm³/mol. The number of nitrogens with one attached hydrogen (secondary N) is 1. The maximum Gasteiger partial charge on any atom is 0.321 e. The van der Waals surface area contributed by atoms with Gasteiger partial charge in [0, 0.05) is 37.7 Å². The van der Waals surface area contributed by atoms with E-state index in [4.69, 9.17) is 9.47 Å². The summed E-state index contributed by atoms with van der Waals surface area (Å²) in [6, 6.07) is 8.14. The molecule has 3 rings (SSSR count). The number of aliphatic hydroxyl groups excluding tert-OH is 1. The largest absolute Gasteiger partial charge is 0.495 e. The summed E-state index contributed by atoms with van der Waals surface area (Å²) in [5.74, 6) is 6.96. The van der Waals surface area contributed by atoms with Gasteiger partial charge in [-0.15, -0.1) is 0 Å². The molecule has 204 valence electrons. The van der Waals surface area contributed by atoms with Crippen LogP contribution in [0.25, 0.3) is 0 Å². The molecule has 2 aromatic rings. The first kappa shape index (κ1) is 28.8. The fourth-order valence-electron chi connectivity index (χ4n) is 4.06. The molecule has 2 N–H and O–H groups in total. The minimum absolute atomic E-state index is 0.157. The number of para-hydroxylation sites is 2. The summed E-state index contributed by atoms with van der Waals surface area (Å²) in [6.07, 6.45) is 1.87. The van der Waals surface area contributed by atoms with Gasteiger partial charge in [0.2, 0.25) is 5.88 Å². The van der Waals surface area contributed by atoms with Crippen molar-refractivity contribution in [1.29, 1.82) is 0 Å². The minimum Gasteiger partial charge on any atom is -0.495 e. The number of ether oxygens (including phenoxy) is 2. The average Bonchev–Trinajstić information content (AvgIpc) is 2.90. The maximum atomic E-state index is 13.5. The summed E-state index contributed by atoms with van der Waals surface area (Å²) < 4.78 is 11.6. The summed E-state index contributed by atoms with van der Waals surface area (Å²) in [6.45, 7) is 8.35. The van der Waals surface area contributed by atoms with Crippen LogP contribution in [-0.4, -0.2) is 77.8 Å². The molecule has 38 heavy (non-hydrogen) atoms. The molecule has 0 aliphatic carbocycles. The molecule has 1 aliphatic rings. The lowest BCUT2D eigenvalue weighted by Crippen LogP contribution is -2.50. The molecule has 1 aromatic heterocycles. The van der Waals surface area contributed by atoms with Gasteiger partial charge < -0.3 is 29.7 Å². The van der Waals surface area contributed by atoms with E-state index in [0.29, 0.717) is 35.0 Å². The summed E-state index contributed by atoms with van der Waals surface area (Å²) in [4.78, 5) is 34.1. The molecule has 0 radical (unpaired) electrons. The second-order valence-electron chi connectivity index (χ2n) is 10.1. The van der Waals surface area contributed by atoms with Crippen LogP contribution in [0.5, 0.6) is 11.6 Å². The number of carbonyl (C=O) groups excluding carboxylic acids is 2. The van der Waals surface area contributed by atoms with Crippen molar-refractivity contribution in [1.82, 2.24) is 14.8 Å². The number of carbonyl (C=O) groups is 2. The molecule has 1 aliphatic heterocycles. The van der Waals surface area contributed by atoms with E-state index in [2.05, 4.69) is 36.0 Å². The SMILES string of the molecule is COc1ccccc1NC(=O)N(C)C[C@@H]1Oc2ncc(C#CCC(C)C)cc2C(=O)N([C@@H](C)CO)C[C@@H]1C. The molecular formula is C29H38N4O5. The Morgan fingerprint density at radius 2 is 2.08 bits per heavy atom. The van der Waals surface area contributed by atoms with E-state index in [0.717, 1.165) is 6.42 Å². The first-order valence-electron chi connectivity index (χ1n) is 12.9. The van der Waals surface area contributed by atoms with Gasteiger partial charge in [-0.05, 0) is 31.0 Å². The maximum absolute atomic E-state index is 13.5. The van der Waals surface area contributed by atoms with Crippen LogP contribution in [0, 0.1) is 23.7 Å². The van der Waals surface area contributed by atoms with Crippen LogP contribution < -0.4 is 14.8 Å². The number of urea groups is 1. The zero-order valence-corrected chi connectivity index (χ0v) is 23.0. The Morgan fingerprint density at radius 1 is 1.34 bits per heavy atom. The lowest BCUT2D eigenvalue weighted by molar-refractivity contribution is 0.0356. The molecule has 3 atom stereocenters. The highest BCUT2D eigenvalue weighted by molar-refractivity contribution is 5.97. The van der Waals surface area contributed by atoms with Gasteiger partial charge in [0.05, 0.1) is 32.0 Å². The van der Waals surface area contributed by atoms with Crippen molar-refractivity contribution in [2.75, 3.05) is 39.2 Å². The molecule has 9 heteroatoms. The van der Waals surface area contributed by atoms with E-state index in [1.807, 2.05) is 19.1 Å². The highest BCUT2D eigenvalue weighted by Crippen LogP contribution is 2.28. The van der Waals surface area contributed by atoms with Crippen molar-refractivity contribution in [3.05, 3.63) is 47.7 Å². The smallest absolute Gasteiger partial charge is 0.321 e. The van der Waals surface area contributed by atoms with Crippen molar-refractivity contribution < 1.29 is 24.2 Å². The minimum atomic E-state index is -0.464. The molecule has 0 bridgehead atoms. The van der Waals surface area contributed by atoms with Gasteiger partial charge in [-0.2, -0.15) is 0 Å². The second-order valence-corrected chi connectivity index (χ2v) is 10.1. The molecule has 2 heterocycles. The number of pyridine rings is 1. The van der Waals surface area contributed by atoms with Gasteiger partial charge in [-0.25, -0.2) is 9.78 Å². The van der Waals surface area contributed by atoms with E-state index >= 15 is 0 Å². The number of hydrogen-bond donors (Lipinski definition) is 2. The van der Waals surface area contributed by atoms with Crippen LogP contribution in [0.3, 0.4) is 0 Å². The van der Waals surface area contributed by atoms with Crippen molar-refractivity contribution in [2.24, 2.45) is 11.8 Å². The number of nitrogens with zero attached hydrogens (tertiary/aromatic N) is 3. The number of aromatic nitrogens is 1. The standard InChI is InChI=1S/C29H38N4O5/c1-19(2)10-9-11-22-14-23-27(30-15-22)38-26(20(3)16-33(28(23)35)21(4)18-34)17-32(5)29(36)31-24-12-7-8-13-25(24)37-6/h7-8,12-15,19-21,26,34H,10,16-18H2,1-6H3,(H,31,36)/t20-,21-,26-/m0/s1. The van der Waals surface area contributed by atoms with Crippen molar-refractivity contribution >= 4 is 17.6 Å². The van der Waals surface area contributed by atoms with Gasteiger partial charge in [-0.3, -0.25) is 4.79 Å². The molecule has 0 fully saturated rings. The van der Waals surface area contributed by atoms with Gasteiger partial charge in [0.15, 0.2) is 0 Å². The number of anilines is 1. The first-order valence-corrected chi connectivity index (χ1v) is 12.9. The summed E-state index contributed by atoms with van der Waals surface area (Å²) >= 11 is 0.